The molecule has 0 radical (unpaired) electrons. The Balaban J connectivity index is 2.35. The van der Waals surface area contributed by atoms with Gasteiger partial charge in [0, 0.05) is 13.7 Å². The Hall–Kier alpha value is -0.320. The van der Waals surface area contributed by atoms with E-state index in [1.165, 1.54) is 0 Å². The van der Waals surface area contributed by atoms with Crippen molar-refractivity contribution in [2.75, 3.05) is 20.3 Å². The van der Waals surface area contributed by atoms with Crippen LogP contribution in [0.5, 0.6) is 0 Å². The van der Waals surface area contributed by atoms with Crippen LogP contribution in [0.25, 0.3) is 0 Å². The summed E-state index contributed by atoms with van der Waals surface area (Å²) in [6, 6.07) is 4.07. The predicted octanol–water partition coefficient (Wildman–Crippen LogP) is 2.34. The molecule has 1 N–H and O–H groups in total. The lowest BCUT2D eigenvalue weighted by molar-refractivity contribution is 0.195. The molecule has 13 heavy (non-hydrogen) atoms. The number of halogens is 1. The molecule has 0 bridgehead atoms. The van der Waals surface area contributed by atoms with Crippen LogP contribution in [0, 0.1) is 0 Å². The second kappa shape index (κ2) is 5.42. The van der Waals surface area contributed by atoms with Gasteiger partial charge in [-0.15, -0.1) is 0 Å². The predicted molar refractivity (Wildman–Crippen MR) is 54.7 cm³/mol. The lowest BCUT2D eigenvalue weighted by Gasteiger charge is -2.09. The molecule has 1 heterocycles. The highest BCUT2D eigenvalue weighted by Crippen LogP contribution is 2.19. The maximum Gasteiger partial charge on any atom is 0.169 e. The van der Waals surface area contributed by atoms with E-state index in [9.17, 15) is 0 Å². The van der Waals surface area contributed by atoms with Gasteiger partial charge < -0.3 is 14.5 Å². The highest BCUT2D eigenvalue weighted by molar-refractivity contribution is 9.10. The molecular weight excluding hydrogens is 234 g/mol. The molecule has 0 saturated carbocycles. The summed E-state index contributed by atoms with van der Waals surface area (Å²) in [6.45, 7) is 3.60. The van der Waals surface area contributed by atoms with Crippen molar-refractivity contribution in [1.82, 2.24) is 5.32 Å². The zero-order valence-electron chi connectivity index (χ0n) is 7.84. The van der Waals surface area contributed by atoms with Gasteiger partial charge in [0.05, 0.1) is 12.6 Å². The average Bonchev–Trinajstić information content (AvgIpc) is 2.52. The highest BCUT2D eigenvalue weighted by Gasteiger charge is 2.07. The molecule has 3 nitrogen and oxygen atoms in total. The van der Waals surface area contributed by atoms with E-state index in [1.54, 1.807) is 7.11 Å². The number of rotatable bonds is 5. The van der Waals surface area contributed by atoms with Crippen LogP contribution in [0.4, 0.5) is 0 Å². The van der Waals surface area contributed by atoms with Crippen molar-refractivity contribution >= 4 is 15.9 Å². The normalized spacial score (nSPS) is 13.2. The van der Waals surface area contributed by atoms with Crippen molar-refractivity contribution in [2.45, 2.75) is 13.0 Å². The molecule has 1 aromatic rings. The fourth-order valence-corrected chi connectivity index (χ4v) is 1.36. The summed E-state index contributed by atoms with van der Waals surface area (Å²) in [6.07, 6.45) is 0. The third kappa shape index (κ3) is 3.50. The monoisotopic (exact) mass is 247 g/mol. The van der Waals surface area contributed by atoms with E-state index in [4.69, 9.17) is 9.15 Å². The molecule has 0 aliphatic heterocycles. The number of hydrogen-bond donors (Lipinski definition) is 1. The summed E-state index contributed by atoms with van der Waals surface area (Å²) in [7, 11) is 1.69. The Morgan fingerprint density at radius 2 is 2.38 bits per heavy atom. The van der Waals surface area contributed by atoms with Crippen molar-refractivity contribution in [3.8, 4) is 0 Å². The molecule has 1 rings (SSSR count). The number of nitrogens with one attached hydrogen (secondary N) is 1. The molecule has 0 aliphatic carbocycles. The fourth-order valence-electron chi connectivity index (χ4n) is 1.04. The van der Waals surface area contributed by atoms with Gasteiger partial charge in [0.15, 0.2) is 4.67 Å². The number of furan rings is 1. The van der Waals surface area contributed by atoms with Gasteiger partial charge in [-0.25, -0.2) is 0 Å². The van der Waals surface area contributed by atoms with Gasteiger partial charge in [-0.3, -0.25) is 0 Å². The first-order valence-electron chi connectivity index (χ1n) is 4.21. The minimum absolute atomic E-state index is 0.224. The Kier molecular flexibility index (Phi) is 4.48. The first-order valence-corrected chi connectivity index (χ1v) is 5.01. The number of methoxy groups -OCH3 is 1. The quantitative estimate of drug-likeness (QED) is 0.812. The Bertz CT molecular complexity index is 250. The summed E-state index contributed by atoms with van der Waals surface area (Å²) in [5, 5.41) is 3.27. The van der Waals surface area contributed by atoms with Crippen LogP contribution in [0.3, 0.4) is 0 Å². The summed E-state index contributed by atoms with van der Waals surface area (Å²) in [4.78, 5) is 0. The Morgan fingerprint density at radius 1 is 1.62 bits per heavy atom. The van der Waals surface area contributed by atoms with Crippen LogP contribution in [-0.4, -0.2) is 20.3 Å². The summed E-state index contributed by atoms with van der Waals surface area (Å²) >= 11 is 3.26. The molecule has 1 aromatic heterocycles. The maximum atomic E-state index is 5.39. The molecule has 0 amide bonds. The van der Waals surface area contributed by atoms with E-state index in [1.807, 2.05) is 12.1 Å². The first kappa shape index (κ1) is 10.8. The molecule has 0 fully saturated rings. The van der Waals surface area contributed by atoms with E-state index in [-0.39, 0.29) is 6.04 Å². The third-order valence-electron chi connectivity index (χ3n) is 1.78. The van der Waals surface area contributed by atoms with Crippen LogP contribution in [0.2, 0.25) is 0 Å². The van der Waals surface area contributed by atoms with E-state index in [0.717, 1.165) is 17.0 Å². The van der Waals surface area contributed by atoms with Crippen LogP contribution < -0.4 is 5.32 Å². The van der Waals surface area contributed by atoms with Gasteiger partial charge in [0.25, 0.3) is 0 Å². The van der Waals surface area contributed by atoms with Gasteiger partial charge in [0.2, 0.25) is 0 Å². The van der Waals surface area contributed by atoms with E-state index >= 15 is 0 Å². The van der Waals surface area contributed by atoms with E-state index < -0.39 is 0 Å². The summed E-state index contributed by atoms with van der Waals surface area (Å²) < 4.78 is 11.1. The highest BCUT2D eigenvalue weighted by atomic mass is 79.9. The molecule has 4 heteroatoms. The van der Waals surface area contributed by atoms with Crippen molar-refractivity contribution in [1.29, 1.82) is 0 Å². The second-order valence-electron chi connectivity index (χ2n) is 2.81. The van der Waals surface area contributed by atoms with Gasteiger partial charge >= 0.3 is 0 Å². The minimum Gasteiger partial charge on any atom is -0.453 e. The zero-order chi connectivity index (χ0) is 9.68. The average molecular weight is 248 g/mol. The van der Waals surface area contributed by atoms with Gasteiger partial charge in [-0.2, -0.15) is 0 Å². The molecular formula is C9H14BrNO2. The Labute approximate surface area is 86.6 Å². The van der Waals surface area contributed by atoms with Crippen LogP contribution in [0.15, 0.2) is 21.2 Å². The Morgan fingerprint density at radius 3 is 2.92 bits per heavy atom. The lowest BCUT2D eigenvalue weighted by atomic mass is 10.2. The molecule has 0 aliphatic rings. The molecule has 0 saturated heterocycles. The molecule has 0 spiro atoms. The van der Waals surface area contributed by atoms with E-state index in [2.05, 4.69) is 28.2 Å². The summed E-state index contributed by atoms with van der Waals surface area (Å²) in [5.74, 6) is 0.933. The molecule has 74 valence electrons. The van der Waals surface area contributed by atoms with Crippen molar-refractivity contribution < 1.29 is 9.15 Å². The van der Waals surface area contributed by atoms with Gasteiger partial charge in [-0.1, -0.05) is 0 Å². The molecule has 1 unspecified atom stereocenters. The SMILES string of the molecule is COCCNC(C)c1ccc(Br)o1. The third-order valence-corrected chi connectivity index (χ3v) is 2.20. The largest absolute Gasteiger partial charge is 0.453 e. The van der Waals surface area contributed by atoms with E-state index in [0.29, 0.717) is 6.61 Å². The van der Waals surface area contributed by atoms with Crippen molar-refractivity contribution in [3.05, 3.63) is 22.6 Å². The second-order valence-corrected chi connectivity index (χ2v) is 3.59. The lowest BCUT2D eigenvalue weighted by Crippen LogP contribution is -2.22. The minimum atomic E-state index is 0.224. The van der Waals surface area contributed by atoms with Gasteiger partial charge in [0.1, 0.15) is 5.76 Å². The van der Waals surface area contributed by atoms with Crippen molar-refractivity contribution in [3.63, 3.8) is 0 Å². The number of ether oxygens (including phenoxy) is 1. The standard InChI is InChI=1S/C9H14BrNO2/c1-7(11-5-6-12-2)8-3-4-9(10)13-8/h3-4,7,11H,5-6H2,1-2H3. The summed E-state index contributed by atoms with van der Waals surface area (Å²) in [5.41, 5.74) is 0. The topological polar surface area (TPSA) is 34.4 Å². The molecule has 1 atom stereocenters. The smallest absolute Gasteiger partial charge is 0.169 e. The number of hydrogen-bond acceptors (Lipinski definition) is 3. The van der Waals surface area contributed by atoms with Gasteiger partial charge in [-0.05, 0) is 35.0 Å². The molecule has 0 aromatic carbocycles. The first-order chi connectivity index (χ1) is 6.24. The van der Waals surface area contributed by atoms with Crippen LogP contribution in [-0.2, 0) is 4.74 Å². The fraction of sp³-hybridized carbons (Fsp3) is 0.556. The van der Waals surface area contributed by atoms with Crippen LogP contribution in [0.1, 0.15) is 18.7 Å². The van der Waals surface area contributed by atoms with Crippen LogP contribution >= 0.6 is 15.9 Å². The maximum absolute atomic E-state index is 5.39. The van der Waals surface area contributed by atoms with Crippen molar-refractivity contribution in [2.24, 2.45) is 0 Å². The zero-order valence-corrected chi connectivity index (χ0v) is 9.43.